The van der Waals surface area contributed by atoms with Crippen molar-refractivity contribution in [1.82, 2.24) is 0 Å². The van der Waals surface area contributed by atoms with Gasteiger partial charge in [0.1, 0.15) is 0 Å². The van der Waals surface area contributed by atoms with E-state index in [4.69, 9.17) is 0 Å². The largest absolute Gasteiger partial charge is 0.371 e. The van der Waals surface area contributed by atoms with Crippen LogP contribution in [0.2, 0.25) is 0 Å². The van der Waals surface area contributed by atoms with Crippen LogP contribution in [0.3, 0.4) is 0 Å². The molecule has 76 valence electrons. The second-order valence-electron chi connectivity index (χ2n) is 3.86. The van der Waals surface area contributed by atoms with Gasteiger partial charge in [0.25, 0.3) is 0 Å². The van der Waals surface area contributed by atoms with E-state index in [2.05, 4.69) is 46.0 Å². The lowest BCUT2D eigenvalue weighted by Gasteiger charge is -2.31. The smallest absolute Gasteiger partial charge is 0.0399 e. The van der Waals surface area contributed by atoms with Gasteiger partial charge in [0.2, 0.25) is 0 Å². The van der Waals surface area contributed by atoms with E-state index in [0.29, 0.717) is 0 Å². The van der Waals surface area contributed by atoms with Crippen LogP contribution in [0.1, 0.15) is 25.3 Å². The molecular weight excluding hydrogens is 238 g/mol. The van der Waals surface area contributed by atoms with E-state index >= 15 is 0 Å². The highest BCUT2D eigenvalue weighted by molar-refractivity contribution is 9.10. The molecule has 0 fully saturated rings. The first-order valence-electron chi connectivity index (χ1n) is 5.34. The third-order valence-electron chi connectivity index (χ3n) is 2.75. The van der Waals surface area contributed by atoms with Crippen LogP contribution in [-0.4, -0.2) is 13.1 Å². The van der Waals surface area contributed by atoms with Gasteiger partial charge in [-0.15, -0.1) is 0 Å². The highest BCUT2D eigenvalue weighted by Gasteiger charge is 2.15. The molecule has 2 rings (SSSR count). The fourth-order valence-electron chi connectivity index (χ4n) is 2.15. The zero-order valence-electron chi connectivity index (χ0n) is 8.59. The van der Waals surface area contributed by atoms with E-state index in [9.17, 15) is 0 Å². The van der Waals surface area contributed by atoms with Crippen LogP contribution in [0.15, 0.2) is 22.7 Å². The lowest BCUT2D eigenvalue weighted by molar-refractivity contribution is 0.681. The average molecular weight is 254 g/mol. The molecule has 1 aromatic rings. The summed E-state index contributed by atoms with van der Waals surface area (Å²) in [5.41, 5.74) is 2.94. The Morgan fingerprint density at radius 2 is 2.29 bits per heavy atom. The van der Waals surface area contributed by atoms with Gasteiger partial charge in [0.15, 0.2) is 0 Å². The van der Waals surface area contributed by atoms with Crippen molar-refractivity contribution in [1.29, 1.82) is 0 Å². The summed E-state index contributed by atoms with van der Waals surface area (Å²) in [4.78, 5) is 2.51. The lowest BCUT2D eigenvalue weighted by atomic mass is 10.0. The third-order valence-corrected chi connectivity index (χ3v) is 3.24. The first-order valence-corrected chi connectivity index (χ1v) is 6.14. The molecule has 1 aromatic carbocycles. The van der Waals surface area contributed by atoms with Crippen LogP contribution >= 0.6 is 15.9 Å². The summed E-state index contributed by atoms with van der Waals surface area (Å²) in [6.45, 7) is 4.66. The van der Waals surface area contributed by atoms with Crippen molar-refractivity contribution in [2.75, 3.05) is 18.0 Å². The number of hydrogen-bond acceptors (Lipinski definition) is 1. The topological polar surface area (TPSA) is 3.24 Å². The number of rotatable bonds is 2. The number of fused-ring (bicyclic) bond motifs is 1. The van der Waals surface area contributed by atoms with E-state index in [1.807, 2.05) is 0 Å². The van der Waals surface area contributed by atoms with Crippen LogP contribution in [0, 0.1) is 0 Å². The minimum atomic E-state index is 1.19. The summed E-state index contributed by atoms with van der Waals surface area (Å²) in [5.74, 6) is 0. The van der Waals surface area contributed by atoms with Gasteiger partial charge in [-0.3, -0.25) is 0 Å². The predicted molar refractivity (Wildman–Crippen MR) is 65.0 cm³/mol. The van der Waals surface area contributed by atoms with Gasteiger partial charge in [-0.2, -0.15) is 0 Å². The molecule has 0 saturated heterocycles. The Balaban J connectivity index is 2.30. The molecule has 1 aliphatic heterocycles. The Morgan fingerprint density at radius 3 is 3.07 bits per heavy atom. The van der Waals surface area contributed by atoms with Crippen LogP contribution in [-0.2, 0) is 6.42 Å². The maximum absolute atomic E-state index is 3.53. The minimum Gasteiger partial charge on any atom is -0.371 e. The van der Waals surface area contributed by atoms with Crippen molar-refractivity contribution in [3.8, 4) is 0 Å². The fourth-order valence-corrected chi connectivity index (χ4v) is 2.55. The number of benzene rings is 1. The van der Waals surface area contributed by atoms with Crippen LogP contribution in [0.25, 0.3) is 0 Å². The van der Waals surface area contributed by atoms with Gasteiger partial charge < -0.3 is 4.90 Å². The number of aryl methyl sites for hydroxylation is 1. The highest BCUT2D eigenvalue weighted by atomic mass is 79.9. The Hall–Kier alpha value is -0.500. The molecule has 0 spiro atoms. The van der Waals surface area contributed by atoms with Crippen LogP contribution < -0.4 is 4.90 Å². The molecule has 1 aliphatic rings. The van der Waals surface area contributed by atoms with Gasteiger partial charge in [0.05, 0.1) is 0 Å². The molecule has 14 heavy (non-hydrogen) atoms. The zero-order valence-corrected chi connectivity index (χ0v) is 10.2. The number of anilines is 1. The average Bonchev–Trinajstić information content (AvgIpc) is 2.18. The molecule has 0 bridgehead atoms. The van der Waals surface area contributed by atoms with Gasteiger partial charge >= 0.3 is 0 Å². The first kappa shape index (κ1) is 10.0. The molecule has 1 heterocycles. The molecule has 0 saturated carbocycles. The monoisotopic (exact) mass is 253 g/mol. The van der Waals surface area contributed by atoms with Crippen LogP contribution in [0.4, 0.5) is 5.69 Å². The maximum atomic E-state index is 3.53. The van der Waals surface area contributed by atoms with Crippen molar-refractivity contribution in [2.24, 2.45) is 0 Å². The molecule has 0 aliphatic carbocycles. The summed E-state index contributed by atoms with van der Waals surface area (Å²) >= 11 is 3.53. The first-order chi connectivity index (χ1) is 6.81. The summed E-state index contributed by atoms with van der Waals surface area (Å²) in [6.07, 6.45) is 3.76. The van der Waals surface area contributed by atoms with Gasteiger partial charge in [-0.1, -0.05) is 22.9 Å². The highest BCUT2D eigenvalue weighted by Crippen LogP contribution is 2.29. The molecule has 1 nitrogen and oxygen atoms in total. The van der Waals surface area contributed by atoms with Gasteiger partial charge in [-0.25, -0.2) is 0 Å². The zero-order chi connectivity index (χ0) is 9.97. The quantitative estimate of drug-likeness (QED) is 0.779. The molecule has 0 radical (unpaired) electrons. The third kappa shape index (κ3) is 1.95. The summed E-state index contributed by atoms with van der Waals surface area (Å²) in [6, 6.07) is 6.65. The second-order valence-corrected chi connectivity index (χ2v) is 4.78. The Bertz CT molecular complexity index is 322. The van der Waals surface area contributed by atoms with E-state index in [0.717, 1.165) is 0 Å². The van der Waals surface area contributed by atoms with Crippen molar-refractivity contribution in [3.05, 3.63) is 28.2 Å². The number of nitrogens with zero attached hydrogens (tertiary/aromatic N) is 1. The Labute approximate surface area is 94.2 Å². The van der Waals surface area contributed by atoms with Gasteiger partial charge in [0, 0.05) is 23.2 Å². The van der Waals surface area contributed by atoms with Crippen LogP contribution in [0.5, 0.6) is 0 Å². The standard InChI is InChI=1S/C12H16BrN/c1-2-7-14-8-3-4-10-9-11(13)5-6-12(10)14/h5-6,9H,2-4,7-8H2,1H3. The Kier molecular flexibility index (Phi) is 3.12. The van der Waals surface area contributed by atoms with Crippen molar-refractivity contribution < 1.29 is 0 Å². The maximum Gasteiger partial charge on any atom is 0.0399 e. The predicted octanol–water partition coefficient (Wildman–Crippen LogP) is 3.61. The Morgan fingerprint density at radius 1 is 1.43 bits per heavy atom. The number of hydrogen-bond donors (Lipinski definition) is 0. The van der Waals surface area contributed by atoms with Crippen molar-refractivity contribution in [3.63, 3.8) is 0 Å². The molecule has 0 atom stereocenters. The van der Waals surface area contributed by atoms with E-state index < -0.39 is 0 Å². The minimum absolute atomic E-state index is 1.19. The summed E-state index contributed by atoms with van der Waals surface area (Å²) < 4.78 is 1.20. The van der Waals surface area contributed by atoms with Crippen molar-refractivity contribution >= 4 is 21.6 Å². The van der Waals surface area contributed by atoms with E-state index in [-0.39, 0.29) is 0 Å². The van der Waals surface area contributed by atoms with E-state index in [1.165, 1.54) is 48.1 Å². The molecule has 2 heteroatoms. The van der Waals surface area contributed by atoms with Gasteiger partial charge in [-0.05, 0) is 43.0 Å². The molecule has 0 amide bonds. The van der Waals surface area contributed by atoms with Crippen molar-refractivity contribution in [2.45, 2.75) is 26.2 Å². The fraction of sp³-hybridized carbons (Fsp3) is 0.500. The molecule has 0 N–H and O–H groups in total. The summed E-state index contributed by atoms with van der Waals surface area (Å²) in [5, 5.41) is 0. The molecule has 0 unspecified atom stereocenters. The number of halogens is 1. The molecule has 0 aromatic heterocycles. The second kappa shape index (κ2) is 4.35. The lowest BCUT2D eigenvalue weighted by Crippen LogP contribution is -2.29. The molecular formula is C12H16BrN. The SMILES string of the molecule is CCCN1CCCc2cc(Br)ccc21. The summed E-state index contributed by atoms with van der Waals surface area (Å²) in [7, 11) is 0. The normalized spacial score (nSPS) is 15.4. The van der Waals surface area contributed by atoms with E-state index in [1.54, 1.807) is 0 Å².